The first kappa shape index (κ1) is 26.5. The number of piperidine rings is 1. The third-order valence-corrected chi connectivity index (χ3v) is 9.98. The lowest BCUT2D eigenvalue weighted by molar-refractivity contribution is 0.0841. The molecule has 0 saturated carbocycles. The molecule has 1 saturated heterocycles. The number of amides is 2. The van der Waals surface area contributed by atoms with Crippen LogP contribution < -0.4 is 10.1 Å². The Morgan fingerprint density at radius 3 is 2.58 bits per heavy atom. The smallest absolute Gasteiger partial charge is 0.322 e. The van der Waals surface area contributed by atoms with E-state index < -0.39 is 33.3 Å². The van der Waals surface area contributed by atoms with Crippen LogP contribution in [-0.2, 0) is 22.5 Å². The van der Waals surface area contributed by atoms with Crippen molar-refractivity contribution in [3.8, 4) is 5.75 Å². The molecule has 2 aromatic carbocycles. The SMILES string of the molecule is CCS(=O)(=O)N1CCC2(CC1)CN(C(=O)Nc1cccc(F)c1)[C@H](CO)c1c2c2ccc(OC)cc2n1C. The van der Waals surface area contributed by atoms with Gasteiger partial charge in [-0.1, -0.05) is 6.07 Å². The summed E-state index contributed by atoms with van der Waals surface area (Å²) in [5.41, 5.74) is 2.54. The van der Waals surface area contributed by atoms with Gasteiger partial charge in [0.1, 0.15) is 11.6 Å². The van der Waals surface area contributed by atoms with Crippen molar-refractivity contribution in [1.82, 2.24) is 13.8 Å². The van der Waals surface area contributed by atoms with Crippen LogP contribution in [0.15, 0.2) is 42.5 Å². The van der Waals surface area contributed by atoms with Gasteiger partial charge in [0.15, 0.2) is 0 Å². The first-order valence-electron chi connectivity index (χ1n) is 12.7. The molecule has 11 heteroatoms. The molecule has 9 nitrogen and oxygen atoms in total. The van der Waals surface area contributed by atoms with Crippen molar-refractivity contribution in [2.45, 2.75) is 31.2 Å². The summed E-state index contributed by atoms with van der Waals surface area (Å²) in [6, 6.07) is 10.4. The molecule has 2 aliphatic rings. The predicted octanol–water partition coefficient (Wildman–Crippen LogP) is 3.59. The average Bonchev–Trinajstić information content (AvgIpc) is 3.21. The Hall–Kier alpha value is -3.15. The van der Waals surface area contributed by atoms with Gasteiger partial charge in [-0.15, -0.1) is 0 Å². The van der Waals surface area contributed by atoms with E-state index in [2.05, 4.69) is 5.32 Å². The van der Waals surface area contributed by atoms with Crippen LogP contribution in [0, 0.1) is 5.82 Å². The molecule has 1 aromatic heterocycles. The maximum absolute atomic E-state index is 13.8. The number of fused-ring (bicyclic) bond motifs is 4. The Labute approximate surface area is 221 Å². The van der Waals surface area contributed by atoms with Crippen LogP contribution in [0.3, 0.4) is 0 Å². The maximum Gasteiger partial charge on any atom is 0.322 e. The van der Waals surface area contributed by atoms with Crippen LogP contribution in [0.2, 0.25) is 0 Å². The summed E-state index contributed by atoms with van der Waals surface area (Å²) in [5.74, 6) is 0.259. The normalized spacial score (nSPS) is 19.5. The third kappa shape index (κ3) is 4.32. The molecular formula is C27H33FN4O5S. The molecule has 1 fully saturated rings. The molecule has 204 valence electrons. The number of urea groups is 1. The number of halogens is 1. The topological polar surface area (TPSA) is 104 Å². The summed E-state index contributed by atoms with van der Waals surface area (Å²) in [7, 11) is 0.159. The Morgan fingerprint density at radius 2 is 1.95 bits per heavy atom. The van der Waals surface area contributed by atoms with E-state index in [-0.39, 0.29) is 18.9 Å². The molecule has 2 amide bonds. The Balaban J connectivity index is 1.62. The number of carbonyl (C=O) groups excluding carboxylic acids is 1. The lowest BCUT2D eigenvalue weighted by atomic mass is 9.68. The molecule has 0 radical (unpaired) electrons. The summed E-state index contributed by atoms with van der Waals surface area (Å²) < 4.78 is 48.0. The fourth-order valence-corrected chi connectivity index (χ4v) is 7.22. The summed E-state index contributed by atoms with van der Waals surface area (Å²) in [5, 5.41) is 14.4. The number of rotatable bonds is 5. The van der Waals surface area contributed by atoms with Crippen molar-refractivity contribution < 1.29 is 27.4 Å². The van der Waals surface area contributed by atoms with Gasteiger partial charge in [-0.2, -0.15) is 0 Å². The van der Waals surface area contributed by atoms with Gasteiger partial charge < -0.3 is 24.6 Å². The number of aromatic nitrogens is 1. The molecule has 2 aliphatic heterocycles. The molecule has 2 N–H and O–H groups in total. The summed E-state index contributed by atoms with van der Waals surface area (Å²) in [6.45, 7) is 2.30. The quantitative estimate of drug-likeness (QED) is 0.511. The molecular weight excluding hydrogens is 511 g/mol. The number of benzene rings is 2. The Morgan fingerprint density at radius 1 is 1.21 bits per heavy atom. The second-order valence-corrected chi connectivity index (χ2v) is 12.3. The van der Waals surface area contributed by atoms with Crippen LogP contribution in [0.4, 0.5) is 14.9 Å². The number of sulfonamides is 1. The highest BCUT2D eigenvalue weighted by atomic mass is 32.2. The summed E-state index contributed by atoms with van der Waals surface area (Å²) in [6.07, 6.45) is 1.04. The number of carbonyl (C=O) groups is 1. The minimum absolute atomic E-state index is 0.0358. The molecule has 0 aliphatic carbocycles. The zero-order valence-corrected chi connectivity index (χ0v) is 22.6. The van der Waals surface area contributed by atoms with E-state index in [1.165, 1.54) is 22.5 Å². The van der Waals surface area contributed by atoms with Crippen LogP contribution in [-0.4, -0.2) is 72.4 Å². The van der Waals surface area contributed by atoms with Gasteiger partial charge in [-0.25, -0.2) is 21.9 Å². The van der Waals surface area contributed by atoms with Gasteiger partial charge in [-0.3, -0.25) is 0 Å². The van der Waals surface area contributed by atoms with E-state index in [0.29, 0.717) is 37.4 Å². The molecule has 5 rings (SSSR count). The van der Waals surface area contributed by atoms with Crippen molar-refractivity contribution in [3.63, 3.8) is 0 Å². The lowest BCUT2D eigenvalue weighted by Gasteiger charge is -2.50. The minimum atomic E-state index is -3.35. The molecule has 3 heterocycles. The highest BCUT2D eigenvalue weighted by Gasteiger charge is 2.50. The predicted molar refractivity (Wildman–Crippen MR) is 143 cm³/mol. The molecule has 38 heavy (non-hydrogen) atoms. The summed E-state index contributed by atoms with van der Waals surface area (Å²) in [4.78, 5) is 15.2. The van der Waals surface area contributed by atoms with Crippen molar-refractivity contribution in [2.24, 2.45) is 7.05 Å². The van der Waals surface area contributed by atoms with E-state index in [1.807, 2.05) is 29.8 Å². The first-order chi connectivity index (χ1) is 18.1. The maximum atomic E-state index is 13.8. The second-order valence-electron chi connectivity index (χ2n) is 10.0. The molecule has 1 atom stereocenters. The Bertz CT molecular complexity index is 1480. The monoisotopic (exact) mass is 544 g/mol. The first-order valence-corrected chi connectivity index (χ1v) is 14.3. The number of methoxy groups -OCH3 is 1. The number of nitrogens with zero attached hydrogens (tertiary/aromatic N) is 3. The second kappa shape index (κ2) is 9.87. The van der Waals surface area contributed by atoms with Crippen LogP contribution in [0.5, 0.6) is 5.75 Å². The van der Waals surface area contributed by atoms with Gasteiger partial charge in [0, 0.05) is 54.9 Å². The van der Waals surface area contributed by atoms with Gasteiger partial charge in [0.2, 0.25) is 10.0 Å². The van der Waals surface area contributed by atoms with E-state index in [0.717, 1.165) is 22.2 Å². The van der Waals surface area contributed by atoms with Crippen LogP contribution >= 0.6 is 0 Å². The fourth-order valence-electron chi connectivity index (χ4n) is 6.12. The number of hydrogen-bond donors (Lipinski definition) is 2. The van der Waals surface area contributed by atoms with Crippen molar-refractivity contribution in [1.29, 1.82) is 0 Å². The highest BCUT2D eigenvalue weighted by molar-refractivity contribution is 7.89. The van der Waals surface area contributed by atoms with Crippen LogP contribution in [0.25, 0.3) is 10.9 Å². The molecule has 3 aromatic rings. The number of anilines is 1. The molecule has 1 spiro atoms. The summed E-state index contributed by atoms with van der Waals surface area (Å²) >= 11 is 0. The number of aliphatic hydroxyl groups excluding tert-OH is 1. The number of ether oxygens (including phenoxy) is 1. The third-order valence-electron chi connectivity index (χ3n) is 8.10. The average molecular weight is 545 g/mol. The number of aryl methyl sites for hydroxylation is 1. The zero-order chi connectivity index (χ0) is 27.2. The van der Waals surface area contributed by atoms with E-state index in [9.17, 15) is 22.7 Å². The largest absolute Gasteiger partial charge is 0.497 e. The molecule has 0 bridgehead atoms. The van der Waals surface area contributed by atoms with Crippen molar-refractivity contribution >= 4 is 32.6 Å². The van der Waals surface area contributed by atoms with E-state index in [4.69, 9.17) is 4.74 Å². The zero-order valence-electron chi connectivity index (χ0n) is 21.8. The number of aliphatic hydroxyl groups is 1. The Kier molecular flexibility index (Phi) is 6.87. The van der Waals surface area contributed by atoms with Gasteiger partial charge in [0.05, 0.1) is 31.0 Å². The lowest BCUT2D eigenvalue weighted by Crippen LogP contribution is -2.56. The van der Waals surface area contributed by atoms with Crippen LogP contribution in [0.1, 0.15) is 37.1 Å². The van der Waals surface area contributed by atoms with E-state index >= 15 is 0 Å². The fraction of sp³-hybridized carbons (Fsp3) is 0.444. The standard InChI is InChI=1S/C27H33FN4O5S/c1-4-38(35,36)31-12-10-27(11-13-31)17-32(26(34)29-19-7-5-6-18(28)14-19)23(16-33)25-24(27)21-9-8-20(37-3)15-22(21)30(25)2/h5-9,14-15,23,33H,4,10-13,16-17H2,1-3H3,(H,29,34)/t23-/m1/s1. The van der Waals surface area contributed by atoms with Crippen molar-refractivity contribution in [3.05, 3.63) is 59.5 Å². The number of hydrogen-bond acceptors (Lipinski definition) is 5. The van der Waals surface area contributed by atoms with Crippen molar-refractivity contribution in [2.75, 3.05) is 44.4 Å². The minimum Gasteiger partial charge on any atom is -0.497 e. The number of nitrogens with one attached hydrogen (secondary N) is 1. The van der Waals surface area contributed by atoms with Gasteiger partial charge in [0.25, 0.3) is 0 Å². The van der Waals surface area contributed by atoms with Gasteiger partial charge >= 0.3 is 6.03 Å². The molecule has 0 unspecified atom stereocenters. The highest BCUT2D eigenvalue weighted by Crippen LogP contribution is 2.50. The van der Waals surface area contributed by atoms with Gasteiger partial charge in [-0.05, 0) is 55.7 Å². The van der Waals surface area contributed by atoms with E-state index in [1.54, 1.807) is 25.0 Å².